The molecule has 3 N–H and O–H groups in total. The Labute approximate surface area is 131 Å². The molecule has 1 aromatic heterocycles. The number of hydrogen-bond donors (Lipinski definition) is 2. The number of nitrogens with zero attached hydrogens (tertiary/aromatic N) is 3. The molecule has 0 atom stereocenters. The van der Waals surface area contributed by atoms with E-state index in [1.807, 2.05) is 20.8 Å². The number of nitrogen functional groups attached to an aromatic ring is 1. The lowest BCUT2D eigenvalue weighted by Gasteiger charge is -2.28. The van der Waals surface area contributed by atoms with Crippen LogP contribution < -0.4 is 11.1 Å². The Bertz CT molecular complexity index is 439. The molecule has 0 aliphatic heterocycles. The molecule has 0 radical (unpaired) electrons. The average Bonchev–Trinajstić information content (AvgIpc) is 2.90. The van der Waals surface area contributed by atoms with Gasteiger partial charge in [0.05, 0.1) is 0 Å². The molecular formula is C12H25N5O4Si. The van der Waals surface area contributed by atoms with Crippen LogP contribution in [0.5, 0.6) is 0 Å². The molecule has 22 heavy (non-hydrogen) atoms. The van der Waals surface area contributed by atoms with Crippen LogP contribution in [0.2, 0.25) is 6.04 Å². The van der Waals surface area contributed by atoms with Gasteiger partial charge < -0.3 is 24.3 Å². The van der Waals surface area contributed by atoms with Gasteiger partial charge in [0.25, 0.3) is 0 Å². The van der Waals surface area contributed by atoms with Gasteiger partial charge in [-0.15, -0.1) is 9.78 Å². The predicted octanol–water partition coefficient (Wildman–Crippen LogP) is 0.857. The summed E-state index contributed by atoms with van der Waals surface area (Å²) < 4.78 is 18.2. The number of nitrogens with one attached hydrogen (secondary N) is 1. The normalized spacial score (nSPS) is 11.6. The maximum absolute atomic E-state index is 11.8. The molecular weight excluding hydrogens is 306 g/mol. The van der Waals surface area contributed by atoms with E-state index in [1.54, 1.807) is 0 Å². The average molecular weight is 331 g/mol. The first-order valence-corrected chi connectivity index (χ1v) is 9.37. The highest BCUT2D eigenvalue weighted by Crippen LogP contribution is 2.17. The number of rotatable bonds is 10. The van der Waals surface area contributed by atoms with E-state index in [9.17, 15) is 4.79 Å². The number of nitrogens with two attached hydrogens (primary N) is 1. The van der Waals surface area contributed by atoms with Crippen molar-refractivity contribution in [2.45, 2.75) is 33.2 Å². The number of anilines is 1. The smallest absolute Gasteiger partial charge is 0.374 e. The standard InChI is InChI=1S/C12H25N5O4Si/c1-4-19-22(20-5-2,21-6-3)9-7-8-14-12(18)17-11(13)15-10-16-17/h10H,4-9H2,1-3H3,(H,14,18)(H2,13,15,16). The van der Waals surface area contributed by atoms with Gasteiger partial charge >= 0.3 is 14.8 Å². The van der Waals surface area contributed by atoms with Crippen molar-refractivity contribution >= 4 is 20.8 Å². The van der Waals surface area contributed by atoms with Gasteiger partial charge in [-0.05, 0) is 27.2 Å². The quantitative estimate of drug-likeness (QED) is 0.483. The molecule has 9 nitrogen and oxygen atoms in total. The van der Waals surface area contributed by atoms with Crippen LogP contribution >= 0.6 is 0 Å². The highest BCUT2D eigenvalue weighted by molar-refractivity contribution is 6.60. The summed E-state index contributed by atoms with van der Waals surface area (Å²) in [5.74, 6) is 0.0548. The highest BCUT2D eigenvalue weighted by Gasteiger charge is 2.39. The van der Waals surface area contributed by atoms with Crippen LogP contribution in [0.1, 0.15) is 27.2 Å². The number of amides is 1. The number of hydrogen-bond acceptors (Lipinski definition) is 7. The van der Waals surface area contributed by atoms with Gasteiger partial charge in [0.2, 0.25) is 5.95 Å². The third kappa shape index (κ3) is 5.37. The fraction of sp³-hybridized carbons (Fsp3) is 0.750. The predicted molar refractivity (Wildman–Crippen MR) is 83.3 cm³/mol. The zero-order chi connectivity index (χ0) is 16.4. The fourth-order valence-corrected chi connectivity index (χ4v) is 4.60. The van der Waals surface area contributed by atoms with Gasteiger partial charge in [0.1, 0.15) is 6.33 Å². The van der Waals surface area contributed by atoms with Crippen molar-refractivity contribution in [3.05, 3.63) is 6.33 Å². The van der Waals surface area contributed by atoms with Crippen LogP contribution in [0.4, 0.5) is 10.7 Å². The molecule has 0 fully saturated rings. The maximum atomic E-state index is 11.8. The van der Waals surface area contributed by atoms with Crippen LogP contribution in [-0.4, -0.2) is 56.0 Å². The van der Waals surface area contributed by atoms with E-state index in [0.29, 0.717) is 38.8 Å². The van der Waals surface area contributed by atoms with Gasteiger partial charge in [-0.2, -0.15) is 4.98 Å². The molecule has 0 spiro atoms. The number of carbonyl (C=O) groups is 1. The second-order valence-electron chi connectivity index (χ2n) is 4.35. The Morgan fingerprint density at radius 1 is 1.27 bits per heavy atom. The summed E-state index contributed by atoms with van der Waals surface area (Å²) in [6, 6.07) is 0.224. The minimum absolute atomic E-state index is 0.0548. The van der Waals surface area contributed by atoms with E-state index in [-0.39, 0.29) is 5.95 Å². The fourth-order valence-electron chi connectivity index (χ4n) is 1.98. The molecule has 0 saturated heterocycles. The van der Waals surface area contributed by atoms with Crippen molar-refractivity contribution in [1.82, 2.24) is 20.1 Å². The Morgan fingerprint density at radius 2 is 1.86 bits per heavy atom. The highest BCUT2D eigenvalue weighted by atomic mass is 28.4. The molecule has 1 amide bonds. The summed E-state index contributed by atoms with van der Waals surface area (Å²) in [6.45, 7) is 7.79. The molecule has 0 aliphatic carbocycles. The molecule has 0 unspecified atom stereocenters. The lowest BCUT2D eigenvalue weighted by molar-refractivity contribution is 0.0708. The summed E-state index contributed by atoms with van der Waals surface area (Å²) in [5.41, 5.74) is 5.51. The lowest BCUT2D eigenvalue weighted by Crippen LogP contribution is -2.46. The molecule has 1 rings (SSSR count). The van der Waals surface area contributed by atoms with Crippen LogP contribution in [0.25, 0.3) is 0 Å². The van der Waals surface area contributed by atoms with Crippen LogP contribution in [0.15, 0.2) is 6.33 Å². The van der Waals surface area contributed by atoms with Crippen molar-refractivity contribution in [2.75, 3.05) is 32.1 Å². The van der Waals surface area contributed by atoms with Crippen LogP contribution in [-0.2, 0) is 13.3 Å². The van der Waals surface area contributed by atoms with E-state index in [2.05, 4.69) is 15.4 Å². The zero-order valence-corrected chi connectivity index (χ0v) is 14.4. The van der Waals surface area contributed by atoms with Gasteiger partial charge in [0.15, 0.2) is 0 Å². The van der Waals surface area contributed by atoms with Crippen LogP contribution in [0, 0.1) is 0 Å². The topological polar surface area (TPSA) is 114 Å². The summed E-state index contributed by atoms with van der Waals surface area (Å²) in [7, 11) is -2.66. The number of carbonyl (C=O) groups excluding carboxylic acids is 1. The summed E-state index contributed by atoms with van der Waals surface area (Å²) in [5, 5.41) is 6.46. The molecule has 0 bridgehead atoms. The largest absolute Gasteiger partial charge is 0.500 e. The Balaban J connectivity index is 2.45. The second-order valence-corrected chi connectivity index (χ2v) is 7.08. The molecule has 0 saturated carbocycles. The minimum atomic E-state index is -2.66. The second kappa shape index (κ2) is 9.51. The van der Waals surface area contributed by atoms with E-state index in [0.717, 1.165) is 4.68 Å². The molecule has 0 aliphatic rings. The molecule has 126 valence electrons. The summed E-state index contributed by atoms with van der Waals surface area (Å²) in [4.78, 5) is 15.5. The molecule has 1 aromatic rings. The van der Waals surface area contributed by atoms with Crippen molar-refractivity contribution in [1.29, 1.82) is 0 Å². The van der Waals surface area contributed by atoms with E-state index in [4.69, 9.17) is 19.0 Å². The summed E-state index contributed by atoms with van der Waals surface area (Å²) in [6.07, 6.45) is 1.90. The van der Waals surface area contributed by atoms with Gasteiger partial charge in [0, 0.05) is 32.4 Å². The van der Waals surface area contributed by atoms with Gasteiger partial charge in [-0.3, -0.25) is 0 Å². The van der Waals surface area contributed by atoms with Crippen molar-refractivity contribution in [3.63, 3.8) is 0 Å². The Kier molecular flexibility index (Phi) is 8.02. The molecule has 1 heterocycles. The maximum Gasteiger partial charge on any atom is 0.500 e. The first-order chi connectivity index (χ1) is 10.6. The molecule has 10 heteroatoms. The third-order valence-electron chi connectivity index (χ3n) is 2.80. The lowest BCUT2D eigenvalue weighted by atomic mass is 10.5. The van der Waals surface area contributed by atoms with Gasteiger partial charge in [-0.1, -0.05) is 0 Å². The first-order valence-electron chi connectivity index (χ1n) is 7.44. The van der Waals surface area contributed by atoms with Crippen LogP contribution in [0.3, 0.4) is 0 Å². The molecule has 0 aromatic carbocycles. The SMILES string of the molecule is CCO[Si](CCCNC(=O)n1ncnc1N)(OCC)OCC. The Morgan fingerprint density at radius 3 is 2.32 bits per heavy atom. The monoisotopic (exact) mass is 331 g/mol. The van der Waals surface area contributed by atoms with Crippen molar-refractivity contribution < 1.29 is 18.1 Å². The third-order valence-corrected chi connectivity index (χ3v) is 5.95. The van der Waals surface area contributed by atoms with Gasteiger partial charge in [-0.25, -0.2) is 4.79 Å². The van der Waals surface area contributed by atoms with E-state index >= 15 is 0 Å². The van der Waals surface area contributed by atoms with E-state index < -0.39 is 14.8 Å². The minimum Gasteiger partial charge on any atom is -0.374 e. The van der Waals surface area contributed by atoms with Crippen molar-refractivity contribution in [3.8, 4) is 0 Å². The number of aromatic nitrogens is 3. The van der Waals surface area contributed by atoms with E-state index in [1.165, 1.54) is 6.33 Å². The first kappa shape index (κ1) is 18.6. The zero-order valence-electron chi connectivity index (χ0n) is 13.4. The summed E-state index contributed by atoms with van der Waals surface area (Å²) >= 11 is 0. The Hall–Kier alpha value is -1.49. The van der Waals surface area contributed by atoms with Crippen molar-refractivity contribution in [2.24, 2.45) is 0 Å².